The Kier molecular flexibility index (Phi) is 49.6. The van der Waals surface area contributed by atoms with E-state index in [1.54, 1.807) is 0 Å². The molecule has 0 aromatic carbocycles. The quantitative estimate of drug-likeness (QED) is 0.0199. The van der Waals surface area contributed by atoms with E-state index in [0.29, 0.717) is 12.8 Å². The molecule has 0 rings (SSSR count). The van der Waals surface area contributed by atoms with Crippen LogP contribution in [0, 0.1) is 0 Å². The van der Waals surface area contributed by atoms with Crippen molar-refractivity contribution in [3.63, 3.8) is 0 Å². The second-order valence-electron chi connectivity index (χ2n) is 16.8. The van der Waals surface area contributed by atoms with Gasteiger partial charge in [-0.2, -0.15) is 0 Å². The molecule has 0 fully saturated rings. The van der Waals surface area contributed by atoms with Gasteiger partial charge in [-0.3, -0.25) is 14.4 Å². The summed E-state index contributed by atoms with van der Waals surface area (Å²) < 4.78 is 16.7. The van der Waals surface area contributed by atoms with E-state index in [2.05, 4.69) is 118 Å². The molecule has 0 amide bonds. The number of unbranched alkanes of at least 4 members (excludes halogenated alkanes) is 16. The van der Waals surface area contributed by atoms with E-state index in [-0.39, 0.29) is 37.5 Å². The second-order valence-corrected chi connectivity index (χ2v) is 16.8. The number of rotatable bonds is 45. The number of carbonyl (C=O) groups excluding carboxylic acids is 3. The number of hydrogen-bond acceptors (Lipinski definition) is 6. The predicted molar refractivity (Wildman–Crippen MR) is 283 cm³/mol. The Labute approximate surface area is 405 Å². The van der Waals surface area contributed by atoms with Crippen molar-refractivity contribution < 1.29 is 28.6 Å². The summed E-state index contributed by atoms with van der Waals surface area (Å²) in [6.45, 7) is 6.32. The molecule has 0 aliphatic rings. The van der Waals surface area contributed by atoms with Gasteiger partial charge in [0, 0.05) is 19.3 Å². The smallest absolute Gasteiger partial charge is 0.306 e. The fourth-order valence-corrected chi connectivity index (χ4v) is 6.54. The Balaban J connectivity index is 4.52. The first-order chi connectivity index (χ1) is 32.5. The van der Waals surface area contributed by atoms with Gasteiger partial charge < -0.3 is 14.2 Å². The molecule has 0 spiro atoms. The lowest BCUT2D eigenvalue weighted by Gasteiger charge is -2.18. The third kappa shape index (κ3) is 50.5. The van der Waals surface area contributed by atoms with Crippen LogP contribution in [0.4, 0.5) is 0 Å². The summed E-state index contributed by atoms with van der Waals surface area (Å²) in [7, 11) is 0. The standard InChI is InChI=1S/C60H94O6/c1-4-7-10-13-16-19-22-24-26-28-30-32-33-35-38-41-44-47-50-53-59(62)65-56-57(55-64-58(61)52-49-46-43-40-37-21-18-15-12-9-6-3)66-60(63)54-51-48-45-42-39-36-34-31-29-27-25-23-20-17-14-11-8-5-2/h7,10-11,14-20,23-27,29-32,34-35,38,57H,4-6,8-9,12-13,21-22,28,33,36-37,39-56H2,1-3H3/b10-7-,14-11-,18-15-,19-16-,20-17-,25-23-,26-24-,29-27-,32-30-,34-31-,38-35-. The highest BCUT2D eigenvalue weighted by molar-refractivity contribution is 5.71. The third-order valence-corrected chi connectivity index (χ3v) is 10.5. The molecule has 0 heterocycles. The topological polar surface area (TPSA) is 78.9 Å². The molecule has 0 saturated heterocycles. The summed E-state index contributed by atoms with van der Waals surface area (Å²) in [6.07, 6.45) is 74.3. The summed E-state index contributed by atoms with van der Waals surface area (Å²) in [5, 5.41) is 0. The van der Waals surface area contributed by atoms with Crippen molar-refractivity contribution in [1.29, 1.82) is 0 Å². The largest absolute Gasteiger partial charge is 0.462 e. The number of hydrogen-bond donors (Lipinski definition) is 0. The predicted octanol–water partition coefficient (Wildman–Crippen LogP) is 17.5. The molecule has 0 aromatic rings. The van der Waals surface area contributed by atoms with Gasteiger partial charge in [0.25, 0.3) is 0 Å². The van der Waals surface area contributed by atoms with Gasteiger partial charge in [-0.05, 0) is 103 Å². The Bertz CT molecular complexity index is 1460. The van der Waals surface area contributed by atoms with Crippen molar-refractivity contribution in [2.24, 2.45) is 0 Å². The van der Waals surface area contributed by atoms with Crippen molar-refractivity contribution >= 4 is 17.9 Å². The molecule has 0 N–H and O–H groups in total. The monoisotopic (exact) mass is 911 g/mol. The molecule has 370 valence electrons. The first-order valence-corrected chi connectivity index (χ1v) is 26.3. The van der Waals surface area contributed by atoms with E-state index in [1.165, 1.54) is 32.1 Å². The van der Waals surface area contributed by atoms with E-state index >= 15 is 0 Å². The number of carbonyl (C=O) groups is 3. The van der Waals surface area contributed by atoms with Crippen molar-refractivity contribution in [3.05, 3.63) is 134 Å². The summed E-state index contributed by atoms with van der Waals surface area (Å²) in [5.74, 6) is -0.986. The third-order valence-electron chi connectivity index (χ3n) is 10.5. The maximum atomic E-state index is 12.8. The second kappa shape index (κ2) is 53.2. The normalized spacial score (nSPS) is 13.2. The van der Waals surface area contributed by atoms with Gasteiger partial charge in [0.2, 0.25) is 0 Å². The molecular formula is C60H94O6. The fourth-order valence-electron chi connectivity index (χ4n) is 6.54. The highest BCUT2D eigenvalue weighted by atomic mass is 16.6. The van der Waals surface area contributed by atoms with E-state index < -0.39 is 6.10 Å². The van der Waals surface area contributed by atoms with Gasteiger partial charge in [-0.15, -0.1) is 0 Å². The molecule has 0 aromatic heterocycles. The van der Waals surface area contributed by atoms with Crippen LogP contribution in [0.15, 0.2) is 134 Å². The first-order valence-electron chi connectivity index (χ1n) is 26.3. The minimum absolute atomic E-state index is 0.109. The van der Waals surface area contributed by atoms with Crippen LogP contribution in [-0.2, 0) is 28.6 Å². The maximum Gasteiger partial charge on any atom is 0.306 e. The van der Waals surface area contributed by atoms with E-state index in [4.69, 9.17) is 14.2 Å². The summed E-state index contributed by atoms with van der Waals surface area (Å²) in [4.78, 5) is 38.0. The van der Waals surface area contributed by atoms with Gasteiger partial charge in [0.05, 0.1) is 0 Å². The number of allylic oxidation sites excluding steroid dienone is 22. The highest BCUT2D eigenvalue weighted by Gasteiger charge is 2.19. The van der Waals surface area contributed by atoms with Gasteiger partial charge in [0.1, 0.15) is 13.2 Å². The van der Waals surface area contributed by atoms with Crippen molar-refractivity contribution in [2.45, 2.75) is 213 Å². The van der Waals surface area contributed by atoms with Gasteiger partial charge >= 0.3 is 17.9 Å². The molecular weight excluding hydrogens is 817 g/mol. The first kappa shape index (κ1) is 61.5. The average molecular weight is 911 g/mol. The van der Waals surface area contributed by atoms with Crippen LogP contribution in [0.2, 0.25) is 0 Å². The van der Waals surface area contributed by atoms with Crippen LogP contribution < -0.4 is 0 Å². The molecule has 1 unspecified atom stereocenters. The summed E-state index contributed by atoms with van der Waals surface area (Å²) in [6, 6.07) is 0. The minimum Gasteiger partial charge on any atom is -0.462 e. The van der Waals surface area contributed by atoms with Crippen LogP contribution in [0.5, 0.6) is 0 Å². The van der Waals surface area contributed by atoms with Crippen LogP contribution in [0.3, 0.4) is 0 Å². The molecule has 0 radical (unpaired) electrons. The average Bonchev–Trinajstić information content (AvgIpc) is 3.31. The van der Waals surface area contributed by atoms with Gasteiger partial charge in [-0.1, -0.05) is 219 Å². The Morgan fingerprint density at radius 2 is 0.682 bits per heavy atom. The zero-order chi connectivity index (χ0) is 47.9. The Morgan fingerprint density at radius 1 is 0.333 bits per heavy atom. The zero-order valence-corrected chi connectivity index (χ0v) is 42.1. The van der Waals surface area contributed by atoms with Crippen molar-refractivity contribution in [2.75, 3.05) is 13.2 Å². The maximum absolute atomic E-state index is 12.8. The van der Waals surface area contributed by atoms with Crippen LogP contribution in [0.1, 0.15) is 207 Å². The Morgan fingerprint density at radius 3 is 1.15 bits per heavy atom. The molecule has 66 heavy (non-hydrogen) atoms. The van der Waals surface area contributed by atoms with Crippen molar-refractivity contribution in [3.8, 4) is 0 Å². The van der Waals surface area contributed by atoms with Gasteiger partial charge in [0.15, 0.2) is 6.10 Å². The van der Waals surface area contributed by atoms with E-state index in [0.717, 1.165) is 135 Å². The van der Waals surface area contributed by atoms with Crippen molar-refractivity contribution in [1.82, 2.24) is 0 Å². The highest BCUT2D eigenvalue weighted by Crippen LogP contribution is 2.12. The zero-order valence-electron chi connectivity index (χ0n) is 42.1. The van der Waals surface area contributed by atoms with Gasteiger partial charge in [-0.25, -0.2) is 0 Å². The molecule has 0 aliphatic heterocycles. The minimum atomic E-state index is -0.813. The molecule has 0 bridgehead atoms. The molecule has 0 saturated carbocycles. The lowest BCUT2D eigenvalue weighted by atomic mass is 10.1. The van der Waals surface area contributed by atoms with Crippen LogP contribution in [0.25, 0.3) is 0 Å². The fraction of sp³-hybridized carbons (Fsp3) is 0.583. The number of ether oxygens (including phenoxy) is 3. The SMILES string of the molecule is CC/C=C\C/C=C\C/C=C\C/C=C\C/C=C\CCCCCC(=O)OCC(COC(=O)CCCCCCC/C=C\CCCC)OC(=O)CCCCCCC\C=C/C=C\C=C/C=C\C=C/CCC. The molecule has 6 nitrogen and oxygen atoms in total. The molecule has 0 aliphatic carbocycles. The van der Waals surface area contributed by atoms with Crippen LogP contribution >= 0.6 is 0 Å². The molecule has 6 heteroatoms. The lowest BCUT2D eigenvalue weighted by molar-refractivity contribution is -0.167. The van der Waals surface area contributed by atoms with Crippen LogP contribution in [-0.4, -0.2) is 37.2 Å². The molecule has 1 atom stereocenters. The summed E-state index contributed by atoms with van der Waals surface area (Å²) >= 11 is 0. The van der Waals surface area contributed by atoms with E-state index in [9.17, 15) is 14.4 Å². The lowest BCUT2D eigenvalue weighted by Crippen LogP contribution is -2.30. The summed E-state index contributed by atoms with van der Waals surface area (Å²) in [5.41, 5.74) is 0. The Hall–Kier alpha value is -4.45. The van der Waals surface area contributed by atoms with E-state index in [1.807, 2.05) is 36.5 Å². The number of esters is 3.